The Morgan fingerprint density at radius 3 is 2.50 bits per heavy atom. The Kier molecular flexibility index (Phi) is 4.81. The van der Waals surface area contributed by atoms with Gasteiger partial charge in [-0.25, -0.2) is 9.98 Å². The third-order valence-corrected chi connectivity index (χ3v) is 4.67. The smallest absolute Gasteiger partial charge is 0.335 e. The SMILES string of the molecule is CSC1=NCN(Cc2ccc(C(F)(F)C(F)(F)F)s2)C(C)=N1. The molecule has 0 aliphatic carbocycles. The van der Waals surface area contributed by atoms with Crippen LogP contribution in [-0.4, -0.2) is 35.0 Å². The van der Waals surface area contributed by atoms with Crippen LogP contribution >= 0.6 is 23.1 Å². The van der Waals surface area contributed by atoms with Gasteiger partial charge in [0.25, 0.3) is 0 Å². The number of alkyl halides is 5. The molecular weight excluding hydrogens is 345 g/mol. The summed E-state index contributed by atoms with van der Waals surface area (Å²) in [6.07, 6.45) is -3.76. The third kappa shape index (κ3) is 3.43. The molecule has 0 amide bonds. The molecule has 1 aliphatic rings. The second-order valence-electron chi connectivity index (χ2n) is 4.48. The molecule has 0 radical (unpaired) electrons. The summed E-state index contributed by atoms with van der Waals surface area (Å²) in [4.78, 5) is 9.47. The van der Waals surface area contributed by atoms with Gasteiger partial charge in [0.05, 0.1) is 11.4 Å². The van der Waals surface area contributed by atoms with Gasteiger partial charge in [0.15, 0.2) is 5.17 Å². The molecule has 0 unspecified atom stereocenters. The Morgan fingerprint density at radius 2 is 1.95 bits per heavy atom. The van der Waals surface area contributed by atoms with Gasteiger partial charge in [-0.1, -0.05) is 11.8 Å². The zero-order valence-electron chi connectivity index (χ0n) is 11.6. The maximum Gasteiger partial charge on any atom is 0.458 e. The predicted molar refractivity (Wildman–Crippen MR) is 78.7 cm³/mol. The van der Waals surface area contributed by atoms with Gasteiger partial charge in [-0.3, -0.25) is 0 Å². The summed E-state index contributed by atoms with van der Waals surface area (Å²) >= 11 is 1.83. The molecule has 0 saturated heterocycles. The van der Waals surface area contributed by atoms with Gasteiger partial charge in [-0.2, -0.15) is 22.0 Å². The van der Waals surface area contributed by atoms with E-state index in [0.29, 0.717) is 33.9 Å². The molecule has 2 heterocycles. The van der Waals surface area contributed by atoms with Gasteiger partial charge in [-0.15, -0.1) is 11.3 Å². The molecule has 3 nitrogen and oxygen atoms in total. The van der Waals surface area contributed by atoms with Crippen molar-refractivity contribution < 1.29 is 22.0 Å². The molecule has 10 heteroatoms. The first-order chi connectivity index (χ1) is 10.1. The van der Waals surface area contributed by atoms with E-state index in [2.05, 4.69) is 9.98 Å². The van der Waals surface area contributed by atoms with Crippen LogP contribution in [0.3, 0.4) is 0 Å². The molecule has 0 bridgehead atoms. The summed E-state index contributed by atoms with van der Waals surface area (Å²) in [5.41, 5.74) is 0. The van der Waals surface area contributed by atoms with Crippen molar-refractivity contribution in [3.8, 4) is 0 Å². The lowest BCUT2D eigenvalue weighted by molar-refractivity contribution is -0.287. The largest absolute Gasteiger partial charge is 0.458 e. The quantitative estimate of drug-likeness (QED) is 0.754. The van der Waals surface area contributed by atoms with Crippen molar-refractivity contribution in [2.75, 3.05) is 12.9 Å². The average Bonchev–Trinajstić information content (AvgIpc) is 2.89. The topological polar surface area (TPSA) is 28.0 Å². The summed E-state index contributed by atoms with van der Waals surface area (Å²) in [5.74, 6) is -4.18. The molecule has 0 aromatic carbocycles. The monoisotopic (exact) mass is 357 g/mol. The number of halogens is 5. The summed E-state index contributed by atoms with van der Waals surface area (Å²) in [6.45, 7) is 2.23. The Bertz CT molecular complexity index is 606. The Hall–Kier alpha value is -1.16. The highest BCUT2D eigenvalue weighted by atomic mass is 32.2. The summed E-state index contributed by atoms with van der Waals surface area (Å²) in [5, 5.41) is 0.615. The lowest BCUT2D eigenvalue weighted by Crippen LogP contribution is -2.33. The van der Waals surface area contributed by atoms with Crippen LogP contribution in [0.5, 0.6) is 0 Å². The number of rotatable bonds is 3. The van der Waals surface area contributed by atoms with E-state index in [1.54, 1.807) is 11.8 Å². The molecule has 1 aliphatic heterocycles. The summed E-state index contributed by atoms with van der Waals surface area (Å²) in [6, 6.07) is 2.10. The van der Waals surface area contributed by atoms with Crippen LogP contribution in [0.4, 0.5) is 22.0 Å². The van der Waals surface area contributed by atoms with E-state index >= 15 is 0 Å². The molecule has 1 aromatic rings. The Morgan fingerprint density at radius 1 is 1.27 bits per heavy atom. The fraction of sp³-hybridized carbons (Fsp3) is 0.500. The van der Waals surface area contributed by atoms with Gasteiger partial charge in [0, 0.05) is 4.88 Å². The highest BCUT2D eigenvalue weighted by molar-refractivity contribution is 8.13. The second kappa shape index (κ2) is 6.15. The zero-order valence-corrected chi connectivity index (χ0v) is 13.2. The molecule has 0 N–H and O–H groups in total. The van der Waals surface area contributed by atoms with Crippen LogP contribution < -0.4 is 0 Å². The van der Waals surface area contributed by atoms with Crippen LogP contribution in [0.1, 0.15) is 16.7 Å². The first-order valence-corrected chi connectivity index (χ1v) is 8.11. The molecule has 122 valence electrons. The minimum Gasteiger partial charge on any atom is -0.335 e. The van der Waals surface area contributed by atoms with Gasteiger partial charge < -0.3 is 4.90 Å². The van der Waals surface area contributed by atoms with E-state index in [9.17, 15) is 22.0 Å². The number of hydrogen-bond acceptors (Lipinski definition) is 5. The molecule has 0 saturated carbocycles. The van der Waals surface area contributed by atoms with E-state index in [4.69, 9.17) is 0 Å². The standard InChI is InChI=1S/C12H12F5N3S2/c1-7-19-10(21-2)18-6-20(7)5-8-3-4-9(22-8)11(13,14)12(15,16)17/h3-4H,5-6H2,1-2H3. The lowest BCUT2D eigenvalue weighted by Gasteiger charge is -2.24. The number of thioether (sulfide) groups is 1. The maximum absolute atomic E-state index is 13.3. The van der Waals surface area contributed by atoms with Crippen molar-refractivity contribution in [2.24, 2.45) is 9.98 Å². The highest BCUT2D eigenvalue weighted by Crippen LogP contribution is 2.46. The van der Waals surface area contributed by atoms with E-state index < -0.39 is 17.0 Å². The number of aliphatic imine (C=N–C) groups is 2. The summed E-state index contributed by atoms with van der Waals surface area (Å²) in [7, 11) is 0. The normalized spacial score (nSPS) is 16.6. The van der Waals surface area contributed by atoms with E-state index in [-0.39, 0.29) is 6.54 Å². The minimum absolute atomic E-state index is 0.194. The molecule has 2 rings (SSSR count). The van der Waals surface area contributed by atoms with Crippen LogP contribution in [0.2, 0.25) is 0 Å². The minimum atomic E-state index is -5.59. The number of amidine groups is 2. The van der Waals surface area contributed by atoms with Crippen molar-refractivity contribution in [3.05, 3.63) is 21.9 Å². The Labute approximate surface area is 131 Å². The number of thiophene rings is 1. The third-order valence-electron chi connectivity index (χ3n) is 2.95. The van der Waals surface area contributed by atoms with Gasteiger partial charge in [0.2, 0.25) is 0 Å². The molecule has 0 fully saturated rings. The lowest BCUT2D eigenvalue weighted by atomic mass is 10.2. The van der Waals surface area contributed by atoms with E-state index in [1.807, 2.05) is 6.26 Å². The fourth-order valence-electron chi connectivity index (χ4n) is 1.73. The molecule has 0 atom stereocenters. The molecular formula is C12H12F5N3S2. The fourth-order valence-corrected chi connectivity index (χ4v) is 3.16. The van der Waals surface area contributed by atoms with Gasteiger partial charge >= 0.3 is 12.1 Å². The first-order valence-electron chi connectivity index (χ1n) is 6.07. The van der Waals surface area contributed by atoms with Crippen LogP contribution in [0, 0.1) is 0 Å². The zero-order chi connectivity index (χ0) is 16.5. The highest BCUT2D eigenvalue weighted by Gasteiger charge is 2.59. The second-order valence-corrected chi connectivity index (χ2v) is 6.42. The van der Waals surface area contributed by atoms with Crippen molar-refractivity contribution >= 4 is 34.1 Å². The number of hydrogen-bond donors (Lipinski definition) is 0. The van der Waals surface area contributed by atoms with Crippen molar-refractivity contribution in [3.63, 3.8) is 0 Å². The molecule has 0 spiro atoms. The Balaban J connectivity index is 2.11. The van der Waals surface area contributed by atoms with Crippen LogP contribution in [0.15, 0.2) is 22.1 Å². The van der Waals surface area contributed by atoms with Gasteiger partial charge in [-0.05, 0) is 25.3 Å². The molecule has 22 heavy (non-hydrogen) atoms. The van der Waals surface area contributed by atoms with E-state index in [0.717, 1.165) is 6.07 Å². The summed E-state index contributed by atoms with van der Waals surface area (Å²) < 4.78 is 63.5. The predicted octanol–water partition coefficient (Wildman–Crippen LogP) is 4.31. The number of nitrogens with zero attached hydrogens (tertiary/aromatic N) is 3. The maximum atomic E-state index is 13.3. The van der Waals surface area contributed by atoms with Gasteiger partial charge in [0.1, 0.15) is 12.5 Å². The molecule has 1 aromatic heterocycles. The van der Waals surface area contributed by atoms with Crippen molar-refractivity contribution in [1.29, 1.82) is 0 Å². The van der Waals surface area contributed by atoms with Crippen LogP contribution in [-0.2, 0) is 12.5 Å². The first kappa shape index (κ1) is 17.2. The van der Waals surface area contributed by atoms with Crippen molar-refractivity contribution in [2.45, 2.75) is 25.6 Å². The van der Waals surface area contributed by atoms with Crippen molar-refractivity contribution in [1.82, 2.24) is 4.90 Å². The average molecular weight is 357 g/mol. The van der Waals surface area contributed by atoms with E-state index in [1.165, 1.54) is 17.8 Å². The van der Waals surface area contributed by atoms with Crippen LogP contribution in [0.25, 0.3) is 0 Å².